The molecule has 1 aromatic carbocycles. The van der Waals surface area contributed by atoms with Gasteiger partial charge in [-0.3, -0.25) is 9.97 Å². The fourth-order valence-electron chi connectivity index (χ4n) is 5.95. The van der Waals surface area contributed by atoms with Crippen molar-refractivity contribution < 1.29 is 0 Å². The summed E-state index contributed by atoms with van der Waals surface area (Å²) < 4.78 is 2.50. The molecule has 0 atom stereocenters. The van der Waals surface area contributed by atoms with Crippen LogP contribution in [0.5, 0.6) is 0 Å². The Bertz CT molecular complexity index is 1280. The summed E-state index contributed by atoms with van der Waals surface area (Å²) in [5.74, 6) is 0. The van der Waals surface area contributed by atoms with Gasteiger partial charge in [0.2, 0.25) is 0 Å². The number of pyridine rings is 2. The minimum absolute atomic E-state index is 0.761. The summed E-state index contributed by atoms with van der Waals surface area (Å²) in [6.07, 6.45) is 12.3. The molecule has 2 aliphatic rings. The molecular weight excluding hydrogens is 506 g/mol. The largest absolute Gasteiger partial charge is 0.339 e. The third kappa shape index (κ3) is 8.58. The fourth-order valence-corrected chi connectivity index (χ4v) is 5.95. The first-order chi connectivity index (χ1) is 20.3. The highest BCUT2D eigenvalue weighted by atomic mass is 15.2. The Morgan fingerprint density at radius 1 is 0.854 bits per heavy atom. The van der Waals surface area contributed by atoms with Crippen LogP contribution in [0, 0.1) is 0 Å². The number of aromatic nitrogens is 3. The number of hydrogen-bond acceptors (Lipinski definition) is 6. The van der Waals surface area contributed by atoms with Gasteiger partial charge >= 0.3 is 0 Å². The van der Waals surface area contributed by atoms with Gasteiger partial charge in [0.15, 0.2) is 0 Å². The molecule has 0 saturated carbocycles. The summed E-state index contributed by atoms with van der Waals surface area (Å²) in [6, 6.07) is 15.2. The van der Waals surface area contributed by atoms with Gasteiger partial charge in [0.25, 0.3) is 0 Å². The van der Waals surface area contributed by atoms with Crippen molar-refractivity contribution >= 4 is 21.8 Å². The monoisotopic (exact) mass is 557 g/mol. The second-order valence-corrected chi connectivity index (χ2v) is 10.8. The number of para-hydroxylation sites is 1. The van der Waals surface area contributed by atoms with E-state index in [2.05, 4.69) is 61.5 Å². The van der Waals surface area contributed by atoms with E-state index in [0.717, 1.165) is 83.9 Å². The molecule has 4 heterocycles. The van der Waals surface area contributed by atoms with E-state index in [1.165, 1.54) is 58.7 Å². The molecule has 7 nitrogen and oxygen atoms in total. The zero-order chi connectivity index (χ0) is 28.7. The van der Waals surface area contributed by atoms with Gasteiger partial charge in [-0.1, -0.05) is 38.1 Å². The van der Waals surface area contributed by atoms with Crippen LogP contribution in [0.1, 0.15) is 62.9 Å². The fraction of sp³-hybridized carbons (Fsp3) is 0.529. The number of aryl methyl sites for hydroxylation is 3. The van der Waals surface area contributed by atoms with Crippen molar-refractivity contribution in [2.45, 2.75) is 71.9 Å². The smallest absolute Gasteiger partial charge is 0.0784 e. The van der Waals surface area contributed by atoms with E-state index in [1.807, 2.05) is 32.3 Å². The lowest BCUT2D eigenvalue weighted by molar-refractivity contribution is 0.235. The van der Waals surface area contributed by atoms with Crippen LogP contribution in [0.3, 0.4) is 0 Å². The van der Waals surface area contributed by atoms with Crippen LogP contribution in [0.2, 0.25) is 0 Å². The van der Waals surface area contributed by atoms with Crippen molar-refractivity contribution in [2.24, 2.45) is 5.73 Å². The maximum Gasteiger partial charge on any atom is 0.0784 e. The lowest BCUT2D eigenvalue weighted by Crippen LogP contribution is -2.43. The van der Waals surface area contributed by atoms with Crippen molar-refractivity contribution in [3.05, 3.63) is 71.8 Å². The lowest BCUT2D eigenvalue weighted by Gasteiger charge is -2.27. The number of nitrogens with two attached hydrogens (primary N) is 1. The summed E-state index contributed by atoms with van der Waals surface area (Å²) in [5.41, 5.74) is 12.2. The molecule has 41 heavy (non-hydrogen) atoms. The molecule has 0 unspecified atom stereocenters. The predicted molar refractivity (Wildman–Crippen MR) is 173 cm³/mol. The van der Waals surface area contributed by atoms with Crippen LogP contribution >= 0.6 is 0 Å². The Kier molecular flexibility index (Phi) is 13.0. The Hall–Kier alpha value is -2.84. The molecule has 4 aromatic rings. The molecule has 0 amide bonds. The number of unbranched alkanes of at least 4 members (excludes halogenated alkanes) is 1. The number of nitrogens with zero attached hydrogens (tertiary/aromatic N) is 4. The van der Waals surface area contributed by atoms with Crippen molar-refractivity contribution in [2.75, 3.05) is 45.8 Å². The zero-order valence-corrected chi connectivity index (χ0v) is 25.4. The molecule has 7 heteroatoms. The lowest BCUT2D eigenvalue weighted by atomic mass is 9.96. The Morgan fingerprint density at radius 3 is 2.51 bits per heavy atom. The van der Waals surface area contributed by atoms with E-state index in [-0.39, 0.29) is 0 Å². The number of piperazine rings is 1. The normalized spacial score (nSPS) is 15.1. The quantitative estimate of drug-likeness (QED) is 0.230. The van der Waals surface area contributed by atoms with Gasteiger partial charge < -0.3 is 25.8 Å². The first-order valence-electron chi connectivity index (χ1n) is 16.0. The third-order valence-electron chi connectivity index (χ3n) is 8.01. The molecule has 0 spiro atoms. The molecular formula is C34H51N7. The minimum Gasteiger partial charge on any atom is -0.339 e. The maximum absolute atomic E-state index is 5.61. The van der Waals surface area contributed by atoms with E-state index in [9.17, 15) is 0 Å². The van der Waals surface area contributed by atoms with Crippen LogP contribution in [0.15, 0.2) is 54.9 Å². The van der Waals surface area contributed by atoms with Gasteiger partial charge in [0.1, 0.15) is 0 Å². The Balaban J connectivity index is 0.000000268. The number of rotatable bonds is 10. The van der Waals surface area contributed by atoms with E-state index >= 15 is 0 Å². The Labute approximate surface area is 246 Å². The van der Waals surface area contributed by atoms with Crippen molar-refractivity contribution in [1.82, 2.24) is 30.1 Å². The SMILES string of the molecule is CC.NCCCCNCc1nccc2c3ccccc3n(CCCN3CCNCC3)c12.c1cnc2c(c1)CCCC2. The van der Waals surface area contributed by atoms with Crippen molar-refractivity contribution in [3.8, 4) is 0 Å². The number of nitrogens with one attached hydrogen (secondary N) is 2. The molecule has 3 aromatic heterocycles. The molecule has 0 radical (unpaired) electrons. The van der Waals surface area contributed by atoms with E-state index in [1.54, 1.807) is 0 Å². The van der Waals surface area contributed by atoms with Gasteiger partial charge in [-0.25, -0.2) is 0 Å². The average molecular weight is 558 g/mol. The molecule has 1 aliphatic carbocycles. The third-order valence-corrected chi connectivity index (χ3v) is 8.01. The topological polar surface area (TPSA) is 84.0 Å². The summed E-state index contributed by atoms with van der Waals surface area (Å²) >= 11 is 0. The van der Waals surface area contributed by atoms with Crippen LogP contribution in [-0.2, 0) is 25.9 Å². The molecule has 6 rings (SSSR count). The van der Waals surface area contributed by atoms with Gasteiger partial charge in [-0.05, 0) is 88.3 Å². The molecule has 4 N–H and O–H groups in total. The van der Waals surface area contributed by atoms with Gasteiger partial charge in [0, 0.05) is 73.6 Å². The van der Waals surface area contributed by atoms with Crippen molar-refractivity contribution in [1.29, 1.82) is 0 Å². The van der Waals surface area contributed by atoms with Crippen molar-refractivity contribution in [3.63, 3.8) is 0 Å². The number of benzene rings is 1. The van der Waals surface area contributed by atoms with E-state index in [4.69, 9.17) is 10.7 Å². The number of fused-ring (bicyclic) bond motifs is 4. The average Bonchev–Trinajstić information content (AvgIpc) is 3.37. The standard InChI is InChI=1S/C23H34N6.C9H11N.C2H6/c24-9-3-4-10-26-18-21-23-20(8-11-27-21)19-6-1-2-7-22(19)29(23)15-5-14-28-16-12-25-13-17-28;1-2-6-9-8(4-1)5-3-7-10-9;1-2/h1-2,6-8,11,25-26H,3-5,9-10,12-18,24H2;3,5,7H,1-2,4,6H2;1-2H3. The van der Waals surface area contributed by atoms with Gasteiger partial charge in [-0.15, -0.1) is 0 Å². The van der Waals surface area contributed by atoms with Gasteiger partial charge in [-0.2, -0.15) is 0 Å². The summed E-state index contributed by atoms with van der Waals surface area (Å²) in [6.45, 7) is 13.3. The van der Waals surface area contributed by atoms with Crippen LogP contribution in [0.4, 0.5) is 0 Å². The second-order valence-electron chi connectivity index (χ2n) is 10.8. The molecule has 1 aliphatic heterocycles. The maximum atomic E-state index is 5.61. The second kappa shape index (κ2) is 17.2. The van der Waals surface area contributed by atoms with Crippen LogP contribution < -0.4 is 16.4 Å². The first kappa shape index (κ1) is 31.1. The van der Waals surface area contributed by atoms with E-state index in [0.29, 0.717) is 0 Å². The van der Waals surface area contributed by atoms with Crippen LogP contribution in [-0.4, -0.2) is 65.2 Å². The number of hydrogen-bond donors (Lipinski definition) is 3. The highest BCUT2D eigenvalue weighted by molar-refractivity contribution is 6.08. The zero-order valence-electron chi connectivity index (χ0n) is 25.4. The summed E-state index contributed by atoms with van der Waals surface area (Å²) in [5, 5.41) is 9.65. The highest BCUT2D eigenvalue weighted by Crippen LogP contribution is 2.30. The van der Waals surface area contributed by atoms with Gasteiger partial charge in [0.05, 0.1) is 11.2 Å². The summed E-state index contributed by atoms with van der Waals surface area (Å²) in [7, 11) is 0. The minimum atomic E-state index is 0.761. The molecule has 222 valence electrons. The molecule has 1 saturated heterocycles. The predicted octanol–water partition coefficient (Wildman–Crippen LogP) is 5.30. The highest BCUT2D eigenvalue weighted by Gasteiger charge is 2.15. The molecule has 1 fully saturated rings. The Morgan fingerprint density at radius 2 is 1.68 bits per heavy atom. The first-order valence-corrected chi connectivity index (χ1v) is 16.0. The summed E-state index contributed by atoms with van der Waals surface area (Å²) in [4.78, 5) is 11.6. The van der Waals surface area contributed by atoms with E-state index < -0.39 is 0 Å². The van der Waals surface area contributed by atoms with Crippen LogP contribution in [0.25, 0.3) is 21.8 Å². The molecule has 0 bridgehead atoms.